The van der Waals surface area contributed by atoms with Gasteiger partial charge in [-0.3, -0.25) is 4.79 Å². The fraction of sp³-hybridized carbons (Fsp3) is 0.364. The largest absolute Gasteiger partial charge is 0.462 e. The molecule has 0 radical (unpaired) electrons. The van der Waals surface area contributed by atoms with E-state index in [1.807, 2.05) is 31.2 Å². The van der Waals surface area contributed by atoms with Crippen LogP contribution in [-0.4, -0.2) is 17.3 Å². The number of halogens is 1. The molecule has 15 heavy (non-hydrogen) atoms. The summed E-state index contributed by atoms with van der Waals surface area (Å²) in [5, 5.41) is -0.0568. The molecule has 0 saturated carbocycles. The standard InChI is InChI=1S/C11H11BrO2S/c1-7-6-10(11(13)14-7)15-9-5-3-2-4-8(9)12/h2-5,7,10H,6H2,1H3. The molecular weight excluding hydrogens is 276 g/mol. The Kier molecular flexibility index (Phi) is 3.36. The highest BCUT2D eigenvalue weighted by Gasteiger charge is 2.32. The van der Waals surface area contributed by atoms with Gasteiger partial charge in [0.15, 0.2) is 0 Å². The summed E-state index contributed by atoms with van der Waals surface area (Å²) in [7, 11) is 0. The van der Waals surface area contributed by atoms with E-state index in [4.69, 9.17) is 4.74 Å². The summed E-state index contributed by atoms with van der Waals surface area (Å²) in [5.41, 5.74) is 0. The highest BCUT2D eigenvalue weighted by Crippen LogP contribution is 2.35. The number of hydrogen-bond acceptors (Lipinski definition) is 3. The summed E-state index contributed by atoms with van der Waals surface area (Å²) in [6, 6.07) is 7.91. The second kappa shape index (κ2) is 4.58. The fourth-order valence-corrected chi connectivity index (χ4v) is 3.24. The van der Waals surface area contributed by atoms with Crippen LogP contribution in [0, 0.1) is 0 Å². The molecule has 1 heterocycles. The molecule has 1 aliphatic heterocycles. The number of thioether (sulfide) groups is 1. The maximum absolute atomic E-state index is 11.4. The van der Waals surface area contributed by atoms with Crippen molar-refractivity contribution in [2.45, 2.75) is 29.6 Å². The third-order valence-electron chi connectivity index (χ3n) is 2.23. The minimum absolute atomic E-state index is 0.0532. The zero-order valence-corrected chi connectivity index (χ0v) is 10.7. The van der Waals surface area contributed by atoms with Crippen molar-refractivity contribution in [3.05, 3.63) is 28.7 Å². The van der Waals surface area contributed by atoms with Crippen LogP contribution in [0.5, 0.6) is 0 Å². The predicted octanol–water partition coefficient (Wildman–Crippen LogP) is 3.25. The predicted molar refractivity (Wildman–Crippen MR) is 64.0 cm³/mol. The minimum atomic E-state index is -0.0942. The molecule has 2 rings (SSSR count). The SMILES string of the molecule is CC1CC(Sc2ccccc2Br)C(=O)O1. The van der Waals surface area contributed by atoms with Crippen LogP contribution in [0.1, 0.15) is 13.3 Å². The summed E-state index contributed by atoms with van der Waals surface area (Å²) < 4.78 is 6.14. The molecule has 2 nitrogen and oxygen atoms in total. The van der Waals surface area contributed by atoms with Gasteiger partial charge in [-0.2, -0.15) is 0 Å². The van der Waals surface area contributed by atoms with E-state index in [-0.39, 0.29) is 17.3 Å². The van der Waals surface area contributed by atoms with Crippen molar-refractivity contribution in [1.29, 1.82) is 0 Å². The molecule has 1 aliphatic rings. The summed E-state index contributed by atoms with van der Waals surface area (Å²) in [4.78, 5) is 12.5. The monoisotopic (exact) mass is 286 g/mol. The van der Waals surface area contributed by atoms with Crippen LogP contribution in [0.4, 0.5) is 0 Å². The second-order valence-corrected chi connectivity index (χ2v) is 5.62. The first-order valence-corrected chi connectivity index (χ1v) is 6.46. The first-order valence-electron chi connectivity index (χ1n) is 4.78. The number of carbonyl (C=O) groups is 1. The first-order chi connectivity index (χ1) is 7.16. The Hall–Kier alpha value is -0.480. The molecule has 2 unspecified atom stereocenters. The van der Waals surface area contributed by atoms with Gasteiger partial charge in [-0.15, -0.1) is 11.8 Å². The van der Waals surface area contributed by atoms with Gasteiger partial charge in [0.2, 0.25) is 0 Å². The van der Waals surface area contributed by atoms with E-state index in [1.54, 1.807) is 11.8 Å². The molecule has 0 amide bonds. The van der Waals surface area contributed by atoms with Crippen LogP contribution in [-0.2, 0) is 9.53 Å². The highest BCUT2D eigenvalue weighted by atomic mass is 79.9. The quantitative estimate of drug-likeness (QED) is 0.781. The number of ether oxygens (including phenoxy) is 1. The van der Waals surface area contributed by atoms with E-state index >= 15 is 0 Å². The van der Waals surface area contributed by atoms with E-state index in [0.717, 1.165) is 15.8 Å². The normalized spacial score (nSPS) is 25.3. The van der Waals surface area contributed by atoms with Gasteiger partial charge in [0.25, 0.3) is 0 Å². The average molecular weight is 287 g/mol. The molecule has 80 valence electrons. The molecule has 1 fully saturated rings. The smallest absolute Gasteiger partial charge is 0.319 e. The van der Waals surface area contributed by atoms with Crippen LogP contribution in [0.3, 0.4) is 0 Å². The Morgan fingerprint density at radius 3 is 2.80 bits per heavy atom. The number of esters is 1. The summed E-state index contributed by atoms with van der Waals surface area (Å²) in [6.07, 6.45) is 0.850. The topological polar surface area (TPSA) is 26.3 Å². The van der Waals surface area contributed by atoms with Crippen LogP contribution in [0.25, 0.3) is 0 Å². The maximum atomic E-state index is 11.4. The molecule has 0 bridgehead atoms. The second-order valence-electron chi connectivity index (χ2n) is 3.52. The van der Waals surface area contributed by atoms with Gasteiger partial charge in [-0.25, -0.2) is 0 Å². The molecule has 0 N–H and O–H groups in total. The average Bonchev–Trinajstić information content (AvgIpc) is 2.49. The molecule has 0 aliphatic carbocycles. The number of hydrogen-bond donors (Lipinski definition) is 0. The van der Waals surface area contributed by atoms with Gasteiger partial charge in [-0.05, 0) is 35.0 Å². The van der Waals surface area contributed by atoms with Crippen molar-refractivity contribution in [1.82, 2.24) is 0 Å². The summed E-state index contributed by atoms with van der Waals surface area (Å²) in [5.74, 6) is -0.0942. The van der Waals surface area contributed by atoms with Gasteiger partial charge in [0.05, 0.1) is 0 Å². The van der Waals surface area contributed by atoms with Gasteiger partial charge >= 0.3 is 5.97 Å². The molecule has 4 heteroatoms. The third kappa shape index (κ3) is 2.55. The van der Waals surface area contributed by atoms with Crippen molar-refractivity contribution in [2.75, 3.05) is 0 Å². The number of cyclic esters (lactones) is 1. The van der Waals surface area contributed by atoms with Gasteiger partial charge in [-0.1, -0.05) is 12.1 Å². The number of benzene rings is 1. The van der Waals surface area contributed by atoms with E-state index in [9.17, 15) is 4.79 Å². The Bertz CT molecular complexity index is 381. The lowest BCUT2D eigenvalue weighted by atomic mass is 10.3. The van der Waals surface area contributed by atoms with Crippen molar-refractivity contribution < 1.29 is 9.53 Å². The van der Waals surface area contributed by atoms with Crippen LogP contribution in [0.2, 0.25) is 0 Å². The lowest BCUT2D eigenvalue weighted by Crippen LogP contribution is -2.09. The first kappa shape index (κ1) is 11.0. The fourth-order valence-electron chi connectivity index (χ4n) is 1.51. The maximum Gasteiger partial charge on any atom is 0.319 e. The highest BCUT2D eigenvalue weighted by molar-refractivity contribution is 9.10. The Balaban J connectivity index is 2.09. The molecule has 0 aromatic heterocycles. The lowest BCUT2D eigenvalue weighted by Gasteiger charge is -2.06. The number of carbonyl (C=O) groups excluding carboxylic acids is 1. The molecule has 1 saturated heterocycles. The molecule has 1 aromatic rings. The Morgan fingerprint density at radius 2 is 2.20 bits per heavy atom. The van der Waals surface area contributed by atoms with Crippen molar-refractivity contribution in [3.8, 4) is 0 Å². The summed E-state index contributed by atoms with van der Waals surface area (Å²) >= 11 is 5.03. The van der Waals surface area contributed by atoms with Crippen LogP contribution < -0.4 is 0 Å². The Morgan fingerprint density at radius 1 is 1.47 bits per heavy atom. The van der Waals surface area contributed by atoms with E-state index in [1.165, 1.54) is 0 Å². The lowest BCUT2D eigenvalue weighted by molar-refractivity contribution is -0.140. The van der Waals surface area contributed by atoms with E-state index in [2.05, 4.69) is 15.9 Å². The van der Waals surface area contributed by atoms with Crippen LogP contribution in [0.15, 0.2) is 33.6 Å². The molecule has 1 aromatic carbocycles. The van der Waals surface area contributed by atoms with Crippen molar-refractivity contribution in [2.24, 2.45) is 0 Å². The van der Waals surface area contributed by atoms with Gasteiger partial charge in [0.1, 0.15) is 11.4 Å². The summed E-state index contributed by atoms with van der Waals surface area (Å²) in [6.45, 7) is 1.93. The zero-order valence-electron chi connectivity index (χ0n) is 8.27. The zero-order chi connectivity index (χ0) is 10.8. The van der Waals surface area contributed by atoms with Crippen LogP contribution >= 0.6 is 27.7 Å². The third-order valence-corrected chi connectivity index (χ3v) is 4.47. The minimum Gasteiger partial charge on any atom is -0.462 e. The van der Waals surface area contributed by atoms with E-state index in [0.29, 0.717) is 0 Å². The van der Waals surface area contributed by atoms with Gasteiger partial charge in [0, 0.05) is 15.8 Å². The van der Waals surface area contributed by atoms with Crippen molar-refractivity contribution in [3.63, 3.8) is 0 Å². The number of rotatable bonds is 2. The molecule has 0 spiro atoms. The Labute approximate surface area is 102 Å². The molecular formula is C11H11BrO2S. The molecule has 2 atom stereocenters. The van der Waals surface area contributed by atoms with Crippen molar-refractivity contribution >= 4 is 33.7 Å². The van der Waals surface area contributed by atoms with E-state index < -0.39 is 0 Å². The van der Waals surface area contributed by atoms with Gasteiger partial charge < -0.3 is 4.74 Å².